The maximum absolute atomic E-state index is 11.6. The molecule has 0 saturated carbocycles. The molecule has 17 heavy (non-hydrogen) atoms. The number of hydrazine groups is 1. The van der Waals surface area contributed by atoms with Gasteiger partial charge < -0.3 is 5.32 Å². The van der Waals surface area contributed by atoms with E-state index < -0.39 is 0 Å². The molecule has 1 aliphatic heterocycles. The predicted molar refractivity (Wildman–Crippen MR) is 66.9 cm³/mol. The first-order chi connectivity index (χ1) is 8.15. The van der Waals surface area contributed by atoms with Gasteiger partial charge in [0, 0.05) is 13.1 Å². The fourth-order valence-electron chi connectivity index (χ4n) is 1.76. The van der Waals surface area contributed by atoms with Gasteiger partial charge in [-0.05, 0) is 31.4 Å². The minimum atomic E-state index is -0.240. The number of aryl methyl sites for hydroxylation is 1. The molecule has 92 valence electrons. The molecule has 0 aromatic carbocycles. The Morgan fingerprint density at radius 2 is 2.18 bits per heavy atom. The summed E-state index contributed by atoms with van der Waals surface area (Å²) in [6.07, 6.45) is 3.79. The van der Waals surface area contributed by atoms with Gasteiger partial charge in [-0.1, -0.05) is 11.6 Å². The number of hydrogen-bond donors (Lipinski definition) is 2. The molecule has 2 amide bonds. The summed E-state index contributed by atoms with van der Waals surface area (Å²) in [5.74, 6) is 0. The van der Waals surface area contributed by atoms with Gasteiger partial charge in [0.05, 0.1) is 11.9 Å². The summed E-state index contributed by atoms with van der Waals surface area (Å²) in [6.45, 7) is 3.66. The number of carbonyl (C=O) groups excluding carboxylic acids is 1. The summed E-state index contributed by atoms with van der Waals surface area (Å²) in [6, 6.07) is 1.55. The van der Waals surface area contributed by atoms with Gasteiger partial charge in [0.25, 0.3) is 0 Å². The van der Waals surface area contributed by atoms with E-state index in [9.17, 15) is 4.79 Å². The van der Waals surface area contributed by atoms with Gasteiger partial charge in [-0.3, -0.25) is 5.43 Å². The van der Waals surface area contributed by atoms with Crippen molar-refractivity contribution in [1.29, 1.82) is 0 Å². The Morgan fingerprint density at radius 3 is 2.82 bits per heavy atom. The molecule has 0 unspecified atom stereocenters. The largest absolute Gasteiger partial charge is 0.333 e. The SMILES string of the molecule is Cc1cc(NC(=O)NN2CCCC2)cnc1Cl. The van der Waals surface area contributed by atoms with Crippen molar-refractivity contribution in [2.24, 2.45) is 0 Å². The van der Waals surface area contributed by atoms with E-state index in [0.29, 0.717) is 10.8 Å². The molecule has 2 heterocycles. The maximum Gasteiger partial charge on any atom is 0.333 e. The summed E-state index contributed by atoms with van der Waals surface area (Å²) in [7, 11) is 0. The third kappa shape index (κ3) is 3.31. The lowest BCUT2D eigenvalue weighted by Gasteiger charge is -2.16. The predicted octanol–water partition coefficient (Wildman–Crippen LogP) is 2.18. The van der Waals surface area contributed by atoms with E-state index in [1.165, 1.54) is 0 Å². The lowest BCUT2D eigenvalue weighted by Crippen LogP contribution is -2.42. The first-order valence-corrected chi connectivity index (χ1v) is 5.97. The van der Waals surface area contributed by atoms with Crippen molar-refractivity contribution in [2.75, 3.05) is 18.4 Å². The minimum Gasteiger partial charge on any atom is -0.305 e. The normalized spacial score (nSPS) is 15.9. The highest BCUT2D eigenvalue weighted by atomic mass is 35.5. The number of amides is 2. The second-order valence-electron chi connectivity index (χ2n) is 4.09. The Kier molecular flexibility index (Phi) is 3.81. The third-order valence-corrected chi connectivity index (χ3v) is 3.03. The zero-order valence-electron chi connectivity index (χ0n) is 9.66. The summed E-state index contributed by atoms with van der Waals surface area (Å²) in [5, 5.41) is 5.09. The average molecular weight is 255 g/mol. The van der Waals surface area contributed by atoms with E-state index in [-0.39, 0.29) is 6.03 Å². The Balaban J connectivity index is 1.90. The topological polar surface area (TPSA) is 57.3 Å². The van der Waals surface area contributed by atoms with Gasteiger partial charge >= 0.3 is 6.03 Å². The van der Waals surface area contributed by atoms with Crippen LogP contribution in [-0.4, -0.2) is 29.1 Å². The smallest absolute Gasteiger partial charge is 0.305 e. The van der Waals surface area contributed by atoms with E-state index in [4.69, 9.17) is 11.6 Å². The molecule has 1 aromatic heterocycles. The summed E-state index contributed by atoms with van der Waals surface area (Å²) < 4.78 is 0. The molecular weight excluding hydrogens is 240 g/mol. The Labute approximate surface area is 105 Å². The van der Waals surface area contributed by atoms with Crippen molar-refractivity contribution in [3.05, 3.63) is 23.0 Å². The molecule has 1 aliphatic rings. The van der Waals surface area contributed by atoms with Gasteiger partial charge in [0.2, 0.25) is 0 Å². The monoisotopic (exact) mass is 254 g/mol. The van der Waals surface area contributed by atoms with Gasteiger partial charge in [0.15, 0.2) is 0 Å². The van der Waals surface area contributed by atoms with Crippen LogP contribution in [0.1, 0.15) is 18.4 Å². The molecule has 1 aromatic rings. The van der Waals surface area contributed by atoms with Crippen LogP contribution in [0.15, 0.2) is 12.3 Å². The van der Waals surface area contributed by atoms with Crippen LogP contribution in [0, 0.1) is 6.92 Å². The molecule has 1 fully saturated rings. The minimum absolute atomic E-state index is 0.240. The third-order valence-electron chi connectivity index (χ3n) is 2.64. The number of urea groups is 1. The molecule has 5 nitrogen and oxygen atoms in total. The van der Waals surface area contributed by atoms with Crippen molar-refractivity contribution >= 4 is 23.3 Å². The number of nitrogens with zero attached hydrogens (tertiary/aromatic N) is 2. The van der Waals surface area contributed by atoms with E-state index in [1.54, 1.807) is 12.3 Å². The second-order valence-corrected chi connectivity index (χ2v) is 4.45. The Hall–Kier alpha value is -1.33. The van der Waals surface area contributed by atoms with Crippen LogP contribution in [0.4, 0.5) is 10.5 Å². The fourth-order valence-corrected chi connectivity index (χ4v) is 1.86. The van der Waals surface area contributed by atoms with Crippen molar-refractivity contribution < 1.29 is 4.79 Å². The van der Waals surface area contributed by atoms with Crippen molar-refractivity contribution in [3.8, 4) is 0 Å². The summed E-state index contributed by atoms with van der Waals surface area (Å²) >= 11 is 5.81. The number of aromatic nitrogens is 1. The first-order valence-electron chi connectivity index (χ1n) is 5.60. The van der Waals surface area contributed by atoms with Gasteiger partial charge in [-0.25, -0.2) is 14.8 Å². The van der Waals surface area contributed by atoms with Crippen LogP contribution >= 0.6 is 11.6 Å². The molecular formula is C11H15ClN4O. The number of carbonyl (C=O) groups is 1. The number of pyridine rings is 1. The highest BCUT2D eigenvalue weighted by molar-refractivity contribution is 6.30. The number of rotatable bonds is 2. The van der Waals surface area contributed by atoms with Gasteiger partial charge in [-0.2, -0.15) is 0 Å². The quantitative estimate of drug-likeness (QED) is 0.796. The summed E-state index contributed by atoms with van der Waals surface area (Å²) in [4.78, 5) is 15.6. The lowest BCUT2D eigenvalue weighted by atomic mass is 10.3. The average Bonchev–Trinajstić information content (AvgIpc) is 2.76. The van der Waals surface area contributed by atoms with Crippen LogP contribution < -0.4 is 10.7 Å². The van der Waals surface area contributed by atoms with Crippen molar-refractivity contribution in [1.82, 2.24) is 15.4 Å². The molecule has 0 atom stereocenters. The van der Waals surface area contributed by atoms with E-state index in [0.717, 1.165) is 31.5 Å². The standard InChI is InChI=1S/C11H15ClN4O/c1-8-6-9(7-13-10(8)12)14-11(17)15-16-4-2-3-5-16/h6-7H,2-5H2,1H3,(H2,14,15,17). The molecule has 2 N–H and O–H groups in total. The van der Waals surface area contributed by atoms with Crippen LogP contribution in [0.3, 0.4) is 0 Å². The van der Waals surface area contributed by atoms with E-state index >= 15 is 0 Å². The molecule has 0 aliphatic carbocycles. The molecule has 6 heteroatoms. The number of anilines is 1. The Morgan fingerprint density at radius 1 is 1.47 bits per heavy atom. The highest BCUT2D eigenvalue weighted by Gasteiger charge is 2.14. The first kappa shape index (κ1) is 12.1. The van der Waals surface area contributed by atoms with Gasteiger partial charge in [0.1, 0.15) is 5.15 Å². The van der Waals surface area contributed by atoms with Crippen LogP contribution in [0.5, 0.6) is 0 Å². The molecule has 1 saturated heterocycles. The molecule has 0 bridgehead atoms. The zero-order valence-corrected chi connectivity index (χ0v) is 10.4. The fraction of sp³-hybridized carbons (Fsp3) is 0.455. The highest BCUT2D eigenvalue weighted by Crippen LogP contribution is 2.15. The zero-order chi connectivity index (χ0) is 12.3. The van der Waals surface area contributed by atoms with Crippen LogP contribution in [-0.2, 0) is 0 Å². The molecule has 2 rings (SSSR count). The lowest BCUT2D eigenvalue weighted by molar-refractivity contribution is 0.209. The van der Waals surface area contributed by atoms with Crippen molar-refractivity contribution in [3.63, 3.8) is 0 Å². The molecule has 0 radical (unpaired) electrons. The number of nitrogens with one attached hydrogen (secondary N) is 2. The Bertz CT molecular complexity index is 418. The summed E-state index contributed by atoms with van der Waals surface area (Å²) in [5.41, 5.74) is 4.26. The van der Waals surface area contributed by atoms with E-state index in [2.05, 4.69) is 15.7 Å². The van der Waals surface area contributed by atoms with Crippen molar-refractivity contribution in [2.45, 2.75) is 19.8 Å². The maximum atomic E-state index is 11.6. The second kappa shape index (κ2) is 5.33. The molecule has 0 spiro atoms. The van der Waals surface area contributed by atoms with E-state index in [1.807, 2.05) is 11.9 Å². The van der Waals surface area contributed by atoms with Crippen LogP contribution in [0.25, 0.3) is 0 Å². The number of hydrogen-bond acceptors (Lipinski definition) is 3. The number of halogens is 1. The van der Waals surface area contributed by atoms with Gasteiger partial charge in [-0.15, -0.1) is 0 Å². The van der Waals surface area contributed by atoms with Crippen LogP contribution in [0.2, 0.25) is 5.15 Å².